The Balaban J connectivity index is 3.56. The molecule has 0 aliphatic heterocycles. The van der Waals surface area contributed by atoms with Gasteiger partial charge in [0.05, 0.1) is 5.56 Å². The van der Waals surface area contributed by atoms with Crippen LogP contribution in [0.5, 0.6) is 0 Å². The van der Waals surface area contributed by atoms with Crippen LogP contribution in [-0.2, 0) is 10.0 Å². The predicted octanol–water partition coefficient (Wildman–Crippen LogP) is 1.58. The summed E-state index contributed by atoms with van der Waals surface area (Å²) >= 11 is 1.53. The second-order valence-corrected chi connectivity index (χ2v) is 5.39. The molecular formula is C7H7F2IN2O2S. The van der Waals surface area contributed by atoms with Crippen LogP contribution >= 0.6 is 22.6 Å². The van der Waals surface area contributed by atoms with E-state index in [4.69, 9.17) is 5.14 Å². The minimum absolute atomic E-state index is 0.0717. The molecule has 1 rings (SSSR count). The van der Waals surface area contributed by atoms with Crippen LogP contribution in [0, 0.1) is 10.5 Å². The second-order valence-electron chi connectivity index (χ2n) is 2.78. The average Bonchev–Trinajstić information content (AvgIpc) is 2.00. The van der Waals surface area contributed by atoms with E-state index in [1.807, 2.05) is 0 Å². The fourth-order valence-electron chi connectivity index (χ4n) is 1.03. The van der Waals surface area contributed by atoms with Crippen molar-refractivity contribution in [2.75, 3.05) is 0 Å². The van der Waals surface area contributed by atoms with Gasteiger partial charge in [-0.05, 0) is 29.5 Å². The van der Waals surface area contributed by atoms with Gasteiger partial charge in [-0.3, -0.25) is 4.98 Å². The van der Waals surface area contributed by atoms with E-state index in [0.717, 1.165) is 6.20 Å². The first-order valence-electron chi connectivity index (χ1n) is 3.71. The number of nitrogens with zero attached hydrogens (tertiary/aromatic N) is 1. The first-order chi connectivity index (χ1) is 6.75. The molecule has 0 aromatic carbocycles. The Morgan fingerprint density at radius 1 is 1.53 bits per heavy atom. The summed E-state index contributed by atoms with van der Waals surface area (Å²) in [5.74, 6) is 0. The number of nitrogens with two attached hydrogens (primary N) is 1. The van der Waals surface area contributed by atoms with Crippen molar-refractivity contribution in [1.29, 1.82) is 0 Å². The Morgan fingerprint density at radius 2 is 2.07 bits per heavy atom. The maximum atomic E-state index is 12.6. The number of rotatable bonds is 2. The molecule has 0 aliphatic carbocycles. The van der Waals surface area contributed by atoms with E-state index in [-0.39, 0.29) is 19.7 Å². The summed E-state index contributed by atoms with van der Waals surface area (Å²) < 4.78 is 47.1. The molecular weight excluding hydrogens is 341 g/mol. The summed E-state index contributed by atoms with van der Waals surface area (Å²) in [5.41, 5.74) is -0.288. The Labute approximate surface area is 99.1 Å². The molecule has 0 spiro atoms. The normalized spacial score (nSPS) is 12.1. The summed E-state index contributed by atoms with van der Waals surface area (Å²) in [6.45, 7) is 1.39. The van der Waals surface area contributed by atoms with Crippen LogP contribution in [-0.4, -0.2) is 13.4 Å². The molecule has 0 bridgehead atoms. The molecule has 4 nitrogen and oxygen atoms in total. The number of sulfonamides is 1. The van der Waals surface area contributed by atoms with Crippen molar-refractivity contribution < 1.29 is 17.2 Å². The molecule has 0 saturated carbocycles. The smallest absolute Gasteiger partial charge is 0.260 e. The van der Waals surface area contributed by atoms with Crippen LogP contribution in [0.1, 0.15) is 17.7 Å². The van der Waals surface area contributed by atoms with Gasteiger partial charge in [0.2, 0.25) is 10.0 Å². The number of hydrogen-bond donors (Lipinski definition) is 1. The number of halogens is 3. The minimum Gasteiger partial charge on any atom is -0.260 e. The first-order valence-corrected chi connectivity index (χ1v) is 6.33. The zero-order chi connectivity index (χ0) is 11.8. The summed E-state index contributed by atoms with van der Waals surface area (Å²) in [4.78, 5) is 3.21. The molecule has 0 unspecified atom stereocenters. The van der Waals surface area contributed by atoms with Crippen molar-refractivity contribution in [3.05, 3.63) is 21.0 Å². The lowest BCUT2D eigenvalue weighted by atomic mass is 10.2. The van der Waals surface area contributed by atoms with Gasteiger partial charge >= 0.3 is 0 Å². The van der Waals surface area contributed by atoms with Gasteiger partial charge in [-0.25, -0.2) is 22.3 Å². The summed E-state index contributed by atoms with van der Waals surface area (Å²) in [7, 11) is -4.01. The Bertz CT molecular complexity index is 490. The quantitative estimate of drug-likeness (QED) is 0.825. The third-order valence-electron chi connectivity index (χ3n) is 1.74. The fraction of sp³-hybridized carbons (Fsp3) is 0.286. The molecule has 1 aromatic heterocycles. The number of primary sulfonamides is 1. The van der Waals surface area contributed by atoms with Crippen molar-refractivity contribution in [2.24, 2.45) is 5.14 Å². The third-order valence-corrected chi connectivity index (χ3v) is 4.19. The van der Waals surface area contributed by atoms with E-state index in [1.165, 1.54) is 29.5 Å². The van der Waals surface area contributed by atoms with Crippen molar-refractivity contribution in [3.63, 3.8) is 0 Å². The van der Waals surface area contributed by atoms with Crippen LogP contribution in [0.2, 0.25) is 0 Å². The third kappa shape index (κ3) is 2.61. The van der Waals surface area contributed by atoms with Crippen LogP contribution in [0.4, 0.5) is 8.78 Å². The highest BCUT2D eigenvalue weighted by atomic mass is 127. The van der Waals surface area contributed by atoms with E-state index in [1.54, 1.807) is 0 Å². The highest BCUT2D eigenvalue weighted by molar-refractivity contribution is 14.1. The standard InChI is InChI=1S/C7H7F2IN2O2S/c1-3-5(7(8)9)6(10)4(2-12-3)15(11,13)14/h2,7H,1H3,(H2,11,13,14). The summed E-state index contributed by atoms with van der Waals surface area (Å²) in [5, 5.41) is 4.86. The molecule has 0 saturated heterocycles. The molecule has 2 N–H and O–H groups in total. The molecule has 0 amide bonds. The number of aryl methyl sites for hydroxylation is 1. The van der Waals surface area contributed by atoms with Crippen molar-refractivity contribution in [2.45, 2.75) is 18.2 Å². The zero-order valence-electron chi connectivity index (χ0n) is 7.54. The SMILES string of the molecule is Cc1ncc(S(N)(=O)=O)c(I)c1C(F)F. The van der Waals surface area contributed by atoms with Gasteiger partial charge in [-0.2, -0.15) is 0 Å². The molecule has 0 radical (unpaired) electrons. The van der Waals surface area contributed by atoms with Crippen LogP contribution in [0.3, 0.4) is 0 Å². The molecule has 0 aliphatic rings. The van der Waals surface area contributed by atoms with Gasteiger partial charge in [0.25, 0.3) is 6.43 Å². The van der Waals surface area contributed by atoms with Crippen molar-refractivity contribution >= 4 is 32.6 Å². The number of aromatic nitrogens is 1. The molecule has 1 aromatic rings. The zero-order valence-corrected chi connectivity index (χ0v) is 10.5. The largest absolute Gasteiger partial charge is 0.266 e. The lowest BCUT2D eigenvalue weighted by Gasteiger charge is -2.09. The predicted molar refractivity (Wildman–Crippen MR) is 58.0 cm³/mol. The Hall–Kier alpha value is -0.350. The number of alkyl halides is 2. The minimum atomic E-state index is -4.01. The van der Waals surface area contributed by atoms with Crippen molar-refractivity contribution in [1.82, 2.24) is 4.98 Å². The van der Waals surface area contributed by atoms with E-state index < -0.39 is 16.4 Å². The maximum Gasteiger partial charge on any atom is 0.266 e. The highest BCUT2D eigenvalue weighted by Crippen LogP contribution is 2.30. The lowest BCUT2D eigenvalue weighted by Crippen LogP contribution is -2.16. The second kappa shape index (κ2) is 4.26. The van der Waals surface area contributed by atoms with Crippen LogP contribution in [0.25, 0.3) is 0 Å². The maximum absolute atomic E-state index is 12.6. The molecule has 0 atom stereocenters. The Kier molecular flexibility index (Phi) is 3.61. The lowest BCUT2D eigenvalue weighted by molar-refractivity contribution is 0.148. The first kappa shape index (κ1) is 12.7. The van der Waals surface area contributed by atoms with Gasteiger partial charge in [-0.15, -0.1) is 0 Å². The summed E-state index contributed by atoms with van der Waals surface area (Å²) in [6.07, 6.45) is -1.79. The summed E-state index contributed by atoms with van der Waals surface area (Å²) in [6, 6.07) is 0. The number of pyridine rings is 1. The van der Waals surface area contributed by atoms with E-state index in [2.05, 4.69) is 4.98 Å². The average molecular weight is 348 g/mol. The topological polar surface area (TPSA) is 73.0 Å². The molecule has 8 heteroatoms. The number of hydrogen-bond acceptors (Lipinski definition) is 3. The van der Waals surface area contributed by atoms with Gasteiger partial charge in [0.1, 0.15) is 4.90 Å². The molecule has 1 heterocycles. The Morgan fingerprint density at radius 3 is 2.47 bits per heavy atom. The molecule has 0 fully saturated rings. The monoisotopic (exact) mass is 348 g/mol. The highest BCUT2D eigenvalue weighted by Gasteiger charge is 2.23. The molecule has 15 heavy (non-hydrogen) atoms. The van der Waals surface area contributed by atoms with Gasteiger partial charge in [0, 0.05) is 15.5 Å². The van der Waals surface area contributed by atoms with Gasteiger partial charge < -0.3 is 0 Å². The van der Waals surface area contributed by atoms with Gasteiger partial charge in [0.15, 0.2) is 0 Å². The molecule has 84 valence electrons. The van der Waals surface area contributed by atoms with Crippen LogP contribution < -0.4 is 5.14 Å². The van der Waals surface area contributed by atoms with Crippen molar-refractivity contribution in [3.8, 4) is 0 Å². The van der Waals surface area contributed by atoms with Gasteiger partial charge in [-0.1, -0.05) is 0 Å². The fourth-order valence-corrected chi connectivity index (χ4v) is 3.27. The van der Waals surface area contributed by atoms with Crippen LogP contribution in [0.15, 0.2) is 11.1 Å². The van der Waals surface area contributed by atoms with E-state index in [9.17, 15) is 17.2 Å². The van der Waals surface area contributed by atoms with E-state index >= 15 is 0 Å². The van der Waals surface area contributed by atoms with E-state index in [0.29, 0.717) is 0 Å².